The molecule has 1 N–H and O–H groups in total. The number of nitrogens with zero attached hydrogens (tertiary/aromatic N) is 4. The van der Waals surface area contributed by atoms with E-state index >= 15 is 0 Å². The molecular formula is C21H21N5. The normalized spacial score (nSPS) is 14.2. The van der Waals surface area contributed by atoms with Crippen LogP contribution in [0.5, 0.6) is 0 Å². The molecule has 26 heavy (non-hydrogen) atoms. The fourth-order valence-corrected chi connectivity index (χ4v) is 3.91. The molecule has 0 bridgehead atoms. The van der Waals surface area contributed by atoms with Gasteiger partial charge in [-0.05, 0) is 29.3 Å². The summed E-state index contributed by atoms with van der Waals surface area (Å²) in [6.07, 6.45) is 2.80. The van der Waals surface area contributed by atoms with Gasteiger partial charge in [-0.15, -0.1) is 0 Å². The van der Waals surface area contributed by atoms with E-state index in [0.29, 0.717) is 0 Å². The number of aryl methyl sites for hydroxylation is 1. The van der Waals surface area contributed by atoms with E-state index in [-0.39, 0.29) is 0 Å². The molecule has 0 saturated carbocycles. The highest BCUT2D eigenvalue weighted by atomic mass is 15.3. The Morgan fingerprint density at radius 1 is 1.04 bits per heavy atom. The zero-order valence-electron chi connectivity index (χ0n) is 14.8. The monoisotopic (exact) mass is 343 g/mol. The summed E-state index contributed by atoms with van der Waals surface area (Å²) in [6.45, 7) is 2.98. The van der Waals surface area contributed by atoms with Crippen LogP contribution in [0.25, 0.3) is 22.3 Å². The Balaban J connectivity index is 1.34. The average molecular weight is 343 g/mol. The molecule has 2 aromatic carbocycles. The number of benzene rings is 2. The average Bonchev–Trinajstić information content (AvgIpc) is 3.36. The van der Waals surface area contributed by atoms with E-state index < -0.39 is 0 Å². The number of H-pyrrole nitrogens is 1. The van der Waals surface area contributed by atoms with Crippen LogP contribution in [0, 0.1) is 0 Å². The van der Waals surface area contributed by atoms with Gasteiger partial charge in [-0.2, -0.15) is 5.10 Å². The van der Waals surface area contributed by atoms with Gasteiger partial charge in [0, 0.05) is 44.9 Å². The molecule has 1 aliphatic rings. The molecule has 0 unspecified atom stereocenters. The van der Waals surface area contributed by atoms with Gasteiger partial charge in [0.1, 0.15) is 5.82 Å². The molecule has 2 aromatic heterocycles. The second-order valence-electron chi connectivity index (χ2n) is 6.94. The first-order chi connectivity index (χ1) is 12.8. The lowest BCUT2D eigenvalue weighted by Gasteiger charge is -2.14. The van der Waals surface area contributed by atoms with Gasteiger partial charge < -0.3 is 4.98 Å². The summed E-state index contributed by atoms with van der Waals surface area (Å²) in [6, 6.07) is 16.9. The Morgan fingerprint density at radius 3 is 2.81 bits per heavy atom. The van der Waals surface area contributed by atoms with Crippen LogP contribution in [0.1, 0.15) is 17.0 Å². The summed E-state index contributed by atoms with van der Waals surface area (Å²) >= 11 is 0. The van der Waals surface area contributed by atoms with Crippen molar-refractivity contribution in [3.05, 3.63) is 71.7 Å². The maximum absolute atomic E-state index is 4.70. The van der Waals surface area contributed by atoms with Crippen LogP contribution in [0.15, 0.2) is 54.7 Å². The number of nitrogens with one attached hydrogen (secondary N) is 1. The second kappa shape index (κ2) is 6.11. The van der Waals surface area contributed by atoms with Gasteiger partial charge in [-0.25, -0.2) is 4.98 Å². The molecule has 0 saturated heterocycles. The molecule has 0 aliphatic carbocycles. The van der Waals surface area contributed by atoms with Crippen molar-refractivity contribution in [3.8, 4) is 11.3 Å². The number of aromatic amines is 1. The molecule has 1 aliphatic heterocycles. The molecule has 0 radical (unpaired) electrons. The number of fused-ring (bicyclic) bond motifs is 2. The Morgan fingerprint density at radius 2 is 1.96 bits per heavy atom. The SMILES string of the molecule is Cn1nccc1-c1cccc2c1CN(CCc1nc3ccccc3[nH]1)C2. The summed E-state index contributed by atoms with van der Waals surface area (Å²) in [5, 5.41) is 4.32. The van der Waals surface area contributed by atoms with Crippen LogP contribution in [0.4, 0.5) is 0 Å². The van der Waals surface area contributed by atoms with Gasteiger partial charge in [0.05, 0.1) is 16.7 Å². The topological polar surface area (TPSA) is 49.7 Å². The van der Waals surface area contributed by atoms with Gasteiger partial charge in [-0.3, -0.25) is 9.58 Å². The number of rotatable bonds is 4. The van der Waals surface area contributed by atoms with Gasteiger partial charge in [-0.1, -0.05) is 30.3 Å². The van der Waals surface area contributed by atoms with Gasteiger partial charge >= 0.3 is 0 Å². The van der Waals surface area contributed by atoms with Crippen LogP contribution in [0.2, 0.25) is 0 Å². The summed E-state index contributed by atoms with van der Waals surface area (Å²) in [5.74, 6) is 1.06. The summed E-state index contributed by atoms with van der Waals surface area (Å²) < 4.78 is 1.95. The Bertz CT molecular complexity index is 1040. The molecule has 5 heteroatoms. The van der Waals surface area contributed by atoms with E-state index in [0.717, 1.165) is 42.9 Å². The van der Waals surface area contributed by atoms with Crippen LogP contribution in [-0.4, -0.2) is 31.2 Å². The van der Waals surface area contributed by atoms with E-state index in [4.69, 9.17) is 4.98 Å². The number of para-hydroxylation sites is 2. The molecule has 4 aromatic rings. The van der Waals surface area contributed by atoms with Crippen molar-refractivity contribution < 1.29 is 0 Å². The van der Waals surface area contributed by atoms with Crippen molar-refractivity contribution >= 4 is 11.0 Å². The van der Waals surface area contributed by atoms with Crippen molar-refractivity contribution in [1.82, 2.24) is 24.6 Å². The third kappa shape index (κ3) is 2.61. The lowest BCUT2D eigenvalue weighted by molar-refractivity contribution is 0.286. The van der Waals surface area contributed by atoms with Crippen molar-refractivity contribution in [2.75, 3.05) is 6.54 Å². The molecule has 3 heterocycles. The minimum absolute atomic E-state index is 0.934. The van der Waals surface area contributed by atoms with Crippen LogP contribution in [-0.2, 0) is 26.6 Å². The first-order valence-corrected chi connectivity index (χ1v) is 9.03. The molecule has 0 atom stereocenters. The predicted octanol–water partition coefficient (Wildman–Crippen LogP) is 3.52. The van der Waals surface area contributed by atoms with Gasteiger partial charge in [0.25, 0.3) is 0 Å². The van der Waals surface area contributed by atoms with Crippen LogP contribution < -0.4 is 0 Å². The van der Waals surface area contributed by atoms with E-state index in [9.17, 15) is 0 Å². The quantitative estimate of drug-likeness (QED) is 0.617. The molecule has 5 rings (SSSR count). The zero-order chi connectivity index (χ0) is 17.5. The highest BCUT2D eigenvalue weighted by Crippen LogP contribution is 2.32. The third-order valence-electron chi connectivity index (χ3n) is 5.25. The maximum Gasteiger partial charge on any atom is 0.108 e. The summed E-state index contributed by atoms with van der Waals surface area (Å²) in [4.78, 5) is 10.6. The molecule has 5 nitrogen and oxygen atoms in total. The first kappa shape index (κ1) is 15.3. The first-order valence-electron chi connectivity index (χ1n) is 9.03. The minimum Gasteiger partial charge on any atom is -0.342 e. The summed E-state index contributed by atoms with van der Waals surface area (Å²) in [7, 11) is 2.00. The molecule has 0 amide bonds. The Labute approximate surface area is 152 Å². The Hall–Kier alpha value is -2.92. The zero-order valence-corrected chi connectivity index (χ0v) is 14.8. The maximum atomic E-state index is 4.70. The summed E-state index contributed by atoms with van der Waals surface area (Å²) in [5.41, 5.74) is 7.50. The highest BCUT2D eigenvalue weighted by Gasteiger charge is 2.23. The fraction of sp³-hybridized carbons (Fsp3) is 0.238. The minimum atomic E-state index is 0.934. The van der Waals surface area contributed by atoms with E-state index in [2.05, 4.69) is 51.4 Å². The number of hydrogen-bond acceptors (Lipinski definition) is 3. The third-order valence-corrected chi connectivity index (χ3v) is 5.25. The predicted molar refractivity (Wildman–Crippen MR) is 103 cm³/mol. The van der Waals surface area contributed by atoms with E-state index in [1.165, 1.54) is 22.4 Å². The molecule has 0 fully saturated rings. The van der Waals surface area contributed by atoms with Gasteiger partial charge in [0.15, 0.2) is 0 Å². The van der Waals surface area contributed by atoms with Crippen molar-refractivity contribution in [2.24, 2.45) is 7.05 Å². The van der Waals surface area contributed by atoms with Crippen LogP contribution in [0.3, 0.4) is 0 Å². The number of hydrogen-bond donors (Lipinski definition) is 1. The van der Waals surface area contributed by atoms with E-state index in [1.54, 1.807) is 0 Å². The number of aromatic nitrogens is 4. The standard InChI is InChI=1S/C21H21N5/c1-25-20(9-11-22-25)16-6-4-5-15-13-26(14-17(15)16)12-10-21-23-18-7-2-3-8-19(18)24-21/h2-9,11H,10,12-14H2,1H3,(H,23,24). The smallest absolute Gasteiger partial charge is 0.108 e. The highest BCUT2D eigenvalue weighted by molar-refractivity contribution is 5.74. The lowest BCUT2D eigenvalue weighted by Crippen LogP contribution is -2.20. The largest absolute Gasteiger partial charge is 0.342 e. The van der Waals surface area contributed by atoms with Gasteiger partial charge in [0.2, 0.25) is 0 Å². The fourth-order valence-electron chi connectivity index (χ4n) is 3.91. The van der Waals surface area contributed by atoms with E-state index in [1.807, 2.05) is 30.1 Å². The van der Waals surface area contributed by atoms with Crippen molar-refractivity contribution in [2.45, 2.75) is 19.5 Å². The van der Waals surface area contributed by atoms with Crippen molar-refractivity contribution in [1.29, 1.82) is 0 Å². The molecule has 0 spiro atoms. The molecular weight excluding hydrogens is 322 g/mol. The number of imidazole rings is 1. The Kier molecular flexibility index (Phi) is 3.60. The van der Waals surface area contributed by atoms with Crippen LogP contribution >= 0.6 is 0 Å². The lowest BCUT2D eigenvalue weighted by atomic mass is 10.0. The molecule has 130 valence electrons. The van der Waals surface area contributed by atoms with Crippen molar-refractivity contribution in [3.63, 3.8) is 0 Å². The second-order valence-corrected chi connectivity index (χ2v) is 6.94.